The molecular weight excluding hydrogens is 366 g/mol. The van der Waals surface area contributed by atoms with Gasteiger partial charge in [0.1, 0.15) is 0 Å². The molecule has 0 aliphatic heterocycles. The van der Waals surface area contributed by atoms with Crippen molar-refractivity contribution in [2.24, 2.45) is 0 Å². The molecule has 0 bridgehead atoms. The van der Waals surface area contributed by atoms with Crippen LogP contribution in [0.5, 0.6) is 0 Å². The van der Waals surface area contributed by atoms with Crippen LogP contribution in [0.15, 0.2) is 54.7 Å². The van der Waals surface area contributed by atoms with Gasteiger partial charge in [-0.25, -0.2) is 4.79 Å². The predicted molar refractivity (Wildman–Crippen MR) is 105 cm³/mol. The Bertz CT molecular complexity index is 901. The van der Waals surface area contributed by atoms with Crippen molar-refractivity contribution in [2.45, 2.75) is 6.42 Å². The Kier molecular flexibility index (Phi) is 6.17. The van der Waals surface area contributed by atoms with Crippen molar-refractivity contribution in [1.82, 2.24) is 15.2 Å². The second-order valence-electron chi connectivity index (χ2n) is 5.66. The van der Waals surface area contributed by atoms with Crippen molar-refractivity contribution in [1.29, 1.82) is 0 Å². The van der Waals surface area contributed by atoms with Crippen LogP contribution in [-0.4, -0.2) is 34.8 Å². The molecule has 3 aromatic rings. The van der Waals surface area contributed by atoms with E-state index in [9.17, 15) is 4.79 Å². The first kappa shape index (κ1) is 18.6. The Labute approximate surface area is 161 Å². The third-order valence-corrected chi connectivity index (χ3v) is 4.01. The van der Waals surface area contributed by atoms with E-state index in [4.69, 9.17) is 11.6 Å². The first-order valence-electron chi connectivity index (χ1n) is 8.27. The zero-order chi connectivity index (χ0) is 19.1. The number of halogens is 1. The van der Waals surface area contributed by atoms with Gasteiger partial charge in [0.2, 0.25) is 5.95 Å². The maximum Gasteiger partial charge on any atom is 0.337 e. The predicted octanol–water partition coefficient (Wildman–Crippen LogP) is 3.71. The Hall–Kier alpha value is -3.19. The monoisotopic (exact) mass is 383 g/mol. The lowest BCUT2D eigenvalue weighted by atomic mass is 10.1. The Morgan fingerprint density at radius 1 is 1.11 bits per heavy atom. The Morgan fingerprint density at radius 3 is 2.56 bits per heavy atom. The van der Waals surface area contributed by atoms with E-state index in [2.05, 4.69) is 30.6 Å². The molecule has 0 saturated carbocycles. The fourth-order valence-electron chi connectivity index (χ4n) is 2.36. The SMILES string of the molecule is COC(=O)c1ccc(Nc2nncc(NCCc3ccc(Cl)cc3)n2)cc1. The van der Waals surface area contributed by atoms with Crippen molar-refractivity contribution in [3.63, 3.8) is 0 Å². The van der Waals surface area contributed by atoms with Gasteiger partial charge >= 0.3 is 5.97 Å². The average molecular weight is 384 g/mol. The summed E-state index contributed by atoms with van der Waals surface area (Å²) >= 11 is 5.89. The van der Waals surface area contributed by atoms with E-state index in [1.54, 1.807) is 30.5 Å². The van der Waals surface area contributed by atoms with Gasteiger partial charge in [-0.2, -0.15) is 10.1 Å². The number of rotatable bonds is 7. The van der Waals surface area contributed by atoms with E-state index in [1.807, 2.05) is 24.3 Å². The number of nitrogens with zero attached hydrogens (tertiary/aromatic N) is 3. The van der Waals surface area contributed by atoms with Crippen LogP contribution in [0.1, 0.15) is 15.9 Å². The zero-order valence-corrected chi connectivity index (χ0v) is 15.4. The summed E-state index contributed by atoms with van der Waals surface area (Å²) in [6.45, 7) is 0.702. The summed E-state index contributed by atoms with van der Waals surface area (Å²) in [5, 5.41) is 14.9. The summed E-state index contributed by atoms with van der Waals surface area (Å²) in [4.78, 5) is 15.8. The highest BCUT2D eigenvalue weighted by molar-refractivity contribution is 6.30. The molecule has 138 valence electrons. The number of carbonyl (C=O) groups is 1. The lowest BCUT2D eigenvalue weighted by molar-refractivity contribution is 0.0601. The van der Waals surface area contributed by atoms with Crippen molar-refractivity contribution in [3.8, 4) is 0 Å². The molecule has 0 fully saturated rings. The molecule has 0 amide bonds. The number of nitrogens with one attached hydrogen (secondary N) is 2. The van der Waals surface area contributed by atoms with Crippen LogP contribution in [-0.2, 0) is 11.2 Å². The summed E-state index contributed by atoms with van der Waals surface area (Å²) in [5.41, 5.74) is 2.39. The van der Waals surface area contributed by atoms with Gasteiger partial charge in [-0.05, 0) is 48.4 Å². The summed E-state index contributed by atoms with van der Waals surface area (Å²) in [6.07, 6.45) is 2.40. The fraction of sp³-hybridized carbons (Fsp3) is 0.158. The van der Waals surface area contributed by atoms with Crippen LogP contribution in [0.25, 0.3) is 0 Å². The van der Waals surface area contributed by atoms with Crippen LogP contribution in [0, 0.1) is 0 Å². The second kappa shape index (κ2) is 8.95. The molecule has 0 spiro atoms. The van der Waals surface area contributed by atoms with Gasteiger partial charge in [0.15, 0.2) is 5.82 Å². The summed E-state index contributed by atoms with van der Waals surface area (Å²) in [6, 6.07) is 14.5. The lowest BCUT2D eigenvalue weighted by Gasteiger charge is -2.08. The summed E-state index contributed by atoms with van der Waals surface area (Å²) in [5.74, 6) is 0.594. The zero-order valence-electron chi connectivity index (χ0n) is 14.6. The van der Waals surface area contributed by atoms with E-state index >= 15 is 0 Å². The molecule has 0 saturated heterocycles. The Morgan fingerprint density at radius 2 is 1.85 bits per heavy atom. The van der Waals surface area contributed by atoms with Crippen LogP contribution in [0.3, 0.4) is 0 Å². The third-order valence-electron chi connectivity index (χ3n) is 3.75. The van der Waals surface area contributed by atoms with E-state index in [-0.39, 0.29) is 5.97 Å². The molecular formula is C19H18ClN5O2. The van der Waals surface area contributed by atoms with Crippen LogP contribution in [0.4, 0.5) is 17.5 Å². The number of ether oxygens (including phenoxy) is 1. The third kappa shape index (κ3) is 5.39. The number of methoxy groups -OCH3 is 1. The molecule has 0 unspecified atom stereocenters. The maximum atomic E-state index is 11.5. The van der Waals surface area contributed by atoms with E-state index in [0.717, 1.165) is 17.1 Å². The molecule has 0 atom stereocenters. The van der Waals surface area contributed by atoms with Gasteiger partial charge in [0.05, 0.1) is 18.9 Å². The smallest absolute Gasteiger partial charge is 0.337 e. The quantitative estimate of drug-likeness (QED) is 0.601. The van der Waals surface area contributed by atoms with Gasteiger partial charge in [0.25, 0.3) is 0 Å². The maximum absolute atomic E-state index is 11.5. The van der Waals surface area contributed by atoms with E-state index < -0.39 is 0 Å². The molecule has 8 heteroatoms. The van der Waals surface area contributed by atoms with Crippen molar-refractivity contribution < 1.29 is 9.53 Å². The normalized spacial score (nSPS) is 10.3. The van der Waals surface area contributed by atoms with Gasteiger partial charge in [-0.15, -0.1) is 5.10 Å². The van der Waals surface area contributed by atoms with Crippen molar-refractivity contribution in [3.05, 3.63) is 70.9 Å². The minimum Gasteiger partial charge on any atom is -0.465 e. The highest BCUT2D eigenvalue weighted by Gasteiger charge is 2.06. The lowest BCUT2D eigenvalue weighted by Crippen LogP contribution is -2.09. The van der Waals surface area contributed by atoms with Crippen LogP contribution < -0.4 is 10.6 Å². The van der Waals surface area contributed by atoms with E-state index in [0.29, 0.717) is 23.9 Å². The molecule has 1 aromatic heterocycles. The Balaban J connectivity index is 1.56. The van der Waals surface area contributed by atoms with Gasteiger partial charge in [-0.3, -0.25) is 0 Å². The van der Waals surface area contributed by atoms with Gasteiger partial charge < -0.3 is 15.4 Å². The number of aromatic nitrogens is 3. The first-order chi connectivity index (χ1) is 13.1. The first-order valence-corrected chi connectivity index (χ1v) is 8.65. The minimum atomic E-state index is -0.383. The number of hydrogen-bond donors (Lipinski definition) is 2. The number of benzene rings is 2. The van der Waals surface area contributed by atoms with Crippen molar-refractivity contribution in [2.75, 3.05) is 24.3 Å². The number of carbonyl (C=O) groups excluding carboxylic acids is 1. The molecule has 0 aliphatic carbocycles. The van der Waals surface area contributed by atoms with E-state index in [1.165, 1.54) is 12.7 Å². The molecule has 2 N–H and O–H groups in total. The second-order valence-corrected chi connectivity index (χ2v) is 6.10. The molecule has 0 radical (unpaired) electrons. The molecule has 1 heterocycles. The molecule has 2 aromatic carbocycles. The summed E-state index contributed by atoms with van der Waals surface area (Å²) in [7, 11) is 1.35. The molecule has 0 aliphatic rings. The fourth-order valence-corrected chi connectivity index (χ4v) is 2.49. The number of hydrogen-bond acceptors (Lipinski definition) is 7. The highest BCUT2D eigenvalue weighted by Crippen LogP contribution is 2.15. The topological polar surface area (TPSA) is 89.0 Å². The average Bonchev–Trinajstić information content (AvgIpc) is 2.70. The standard InChI is InChI=1S/C19H18ClN5O2/c1-27-18(26)14-4-8-16(9-5-14)23-19-24-17(12-22-25-19)21-11-10-13-2-6-15(20)7-3-13/h2-9,12H,10-11H2,1H3,(H2,21,23,24,25). The van der Waals surface area contributed by atoms with Gasteiger partial charge in [-0.1, -0.05) is 23.7 Å². The molecule has 7 nitrogen and oxygen atoms in total. The van der Waals surface area contributed by atoms with Gasteiger partial charge in [0, 0.05) is 17.3 Å². The largest absolute Gasteiger partial charge is 0.465 e. The number of anilines is 3. The highest BCUT2D eigenvalue weighted by atomic mass is 35.5. The molecule has 3 rings (SSSR count). The number of esters is 1. The van der Waals surface area contributed by atoms with Crippen molar-refractivity contribution >= 4 is 35.0 Å². The minimum absolute atomic E-state index is 0.359. The molecule has 27 heavy (non-hydrogen) atoms. The van der Waals surface area contributed by atoms with Crippen LogP contribution in [0.2, 0.25) is 5.02 Å². The summed E-state index contributed by atoms with van der Waals surface area (Å²) < 4.78 is 4.68. The van der Waals surface area contributed by atoms with Crippen LogP contribution >= 0.6 is 11.6 Å².